The van der Waals surface area contributed by atoms with Gasteiger partial charge in [-0.1, -0.05) is 56.9 Å². The molecule has 0 N–H and O–H groups in total. The molecule has 0 aliphatic carbocycles. The lowest BCUT2D eigenvalue weighted by atomic mass is 9.85. The van der Waals surface area contributed by atoms with E-state index in [1.165, 1.54) is 27.4 Å². The minimum Gasteiger partial charge on any atom is -0.340 e. The molecule has 31 heavy (non-hydrogen) atoms. The summed E-state index contributed by atoms with van der Waals surface area (Å²) in [6.45, 7) is 13.9. The van der Waals surface area contributed by atoms with Crippen molar-refractivity contribution < 1.29 is 4.79 Å². The Labute approximate surface area is 184 Å². The number of nitrogens with zero attached hydrogens (tertiary/aromatic N) is 1. The normalized spacial score (nSPS) is 11.5. The third-order valence-electron chi connectivity index (χ3n) is 6.25. The fourth-order valence-electron chi connectivity index (χ4n) is 4.53. The van der Waals surface area contributed by atoms with Crippen LogP contribution in [-0.4, -0.2) is 10.9 Å². The molecule has 1 aromatic heterocycles. The van der Waals surface area contributed by atoms with E-state index in [0.29, 0.717) is 5.56 Å². The summed E-state index contributed by atoms with van der Waals surface area (Å²) in [5.41, 5.74) is 8.31. The lowest BCUT2D eigenvalue weighted by molar-refractivity contribution is 0.112. The third kappa shape index (κ3) is 3.45. The molecule has 3 aromatic carbocycles. The average Bonchev–Trinajstić information content (AvgIpc) is 3.09. The minimum absolute atomic E-state index is 0.0619. The van der Waals surface area contributed by atoms with E-state index in [9.17, 15) is 4.79 Å². The number of carbonyl (C=O) groups is 1. The molecule has 0 saturated heterocycles. The number of hydrogen-bond acceptors (Lipinski definition) is 1. The molecular weight excluding hydrogens is 378 g/mol. The van der Waals surface area contributed by atoms with E-state index in [4.69, 9.17) is 0 Å². The Morgan fingerprint density at radius 3 is 2.29 bits per heavy atom. The lowest BCUT2D eigenvalue weighted by Gasteiger charge is -2.19. The van der Waals surface area contributed by atoms with Gasteiger partial charge in [0.1, 0.15) is 0 Å². The van der Waals surface area contributed by atoms with Crippen LogP contribution in [0.4, 0.5) is 0 Å². The van der Waals surface area contributed by atoms with Crippen molar-refractivity contribution >= 4 is 28.1 Å². The molecule has 0 bridgehead atoms. The maximum atomic E-state index is 12.2. The van der Waals surface area contributed by atoms with Crippen LogP contribution in [-0.2, 0) is 12.0 Å². The molecular formula is C29H29NO. The SMILES string of the molecule is CCn1c2ccc(C(C)(C)C)cc2c2c(C)c(C=O)c(C#Cc3ccccc3)c(C)c21. The van der Waals surface area contributed by atoms with Gasteiger partial charge in [-0.3, -0.25) is 4.79 Å². The number of fused-ring (bicyclic) bond motifs is 3. The summed E-state index contributed by atoms with van der Waals surface area (Å²) in [4.78, 5) is 12.2. The number of aromatic nitrogens is 1. The van der Waals surface area contributed by atoms with Gasteiger partial charge in [0.2, 0.25) is 0 Å². The number of hydrogen-bond donors (Lipinski definition) is 0. The van der Waals surface area contributed by atoms with Gasteiger partial charge in [0.05, 0.1) is 5.52 Å². The standard InChI is InChI=1S/C29H29NO/c1-7-30-26-16-14-22(29(4,5)6)17-24(26)27-19(2)25(18-31)23(20(3)28(27)30)15-13-21-11-9-8-10-12-21/h8-12,14,16-18H,7H2,1-6H3. The van der Waals surface area contributed by atoms with Crippen molar-refractivity contribution in [3.63, 3.8) is 0 Å². The van der Waals surface area contributed by atoms with Crippen LogP contribution in [0.5, 0.6) is 0 Å². The van der Waals surface area contributed by atoms with Gasteiger partial charge in [0.25, 0.3) is 0 Å². The van der Waals surface area contributed by atoms with Gasteiger partial charge in [-0.15, -0.1) is 0 Å². The molecule has 1 heterocycles. The molecule has 0 spiro atoms. The second kappa shape index (κ2) is 7.75. The molecule has 4 aromatic rings. The van der Waals surface area contributed by atoms with Crippen LogP contribution >= 0.6 is 0 Å². The Balaban J connectivity index is 2.12. The van der Waals surface area contributed by atoms with Crippen molar-refractivity contribution in [1.82, 2.24) is 4.57 Å². The highest BCUT2D eigenvalue weighted by molar-refractivity contribution is 6.13. The molecule has 2 nitrogen and oxygen atoms in total. The minimum atomic E-state index is 0.0619. The molecule has 0 amide bonds. The average molecular weight is 408 g/mol. The quantitative estimate of drug-likeness (QED) is 0.260. The van der Waals surface area contributed by atoms with Crippen LogP contribution in [0, 0.1) is 25.7 Å². The van der Waals surface area contributed by atoms with Crippen molar-refractivity contribution in [1.29, 1.82) is 0 Å². The fourth-order valence-corrected chi connectivity index (χ4v) is 4.53. The van der Waals surface area contributed by atoms with Crippen molar-refractivity contribution in [2.75, 3.05) is 0 Å². The predicted molar refractivity (Wildman–Crippen MR) is 131 cm³/mol. The maximum absolute atomic E-state index is 12.2. The Morgan fingerprint density at radius 2 is 1.68 bits per heavy atom. The molecule has 0 fully saturated rings. The maximum Gasteiger partial charge on any atom is 0.151 e. The number of benzene rings is 3. The van der Waals surface area contributed by atoms with Crippen LogP contribution in [0.25, 0.3) is 21.8 Å². The molecule has 0 atom stereocenters. The van der Waals surface area contributed by atoms with E-state index in [-0.39, 0.29) is 5.41 Å². The van der Waals surface area contributed by atoms with Crippen molar-refractivity contribution in [2.24, 2.45) is 0 Å². The highest BCUT2D eigenvalue weighted by atomic mass is 16.1. The zero-order valence-electron chi connectivity index (χ0n) is 19.3. The van der Waals surface area contributed by atoms with Gasteiger partial charge in [0, 0.05) is 39.5 Å². The largest absolute Gasteiger partial charge is 0.340 e. The van der Waals surface area contributed by atoms with E-state index < -0.39 is 0 Å². The highest BCUT2D eigenvalue weighted by Gasteiger charge is 2.22. The molecule has 0 radical (unpaired) electrons. The van der Waals surface area contributed by atoms with Gasteiger partial charge in [0.15, 0.2) is 6.29 Å². The van der Waals surface area contributed by atoms with E-state index in [1.54, 1.807) is 0 Å². The van der Waals surface area contributed by atoms with Crippen LogP contribution in [0.1, 0.15) is 65.9 Å². The van der Waals surface area contributed by atoms with E-state index in [1.807, 2.05) is 30.3 Å². The van der Waals surface area contributed by atoms with Gasteiger partial charge in [-0.25, -0.2) is 0 Å². The van der Waals surface area contributed by atoms with Gasteiger partial charge in [-0.2, -0.15) is 0 Å². The van der Waals surface area contributed by atoms with Crippen LogP contribution in [0.2, 0.25) is 0 Å². The van der Waals surface area contributed by atoms with Crippen LogP contribution in [0.15, 0.2) is 48.5 Å². The van der Waals surface area contributed by atoms with Crippen LogP contribution in [0.3, 0.4) is 0 Å². The summed E-state index contributed by atoms with van der Waals surface area (Å²) in [6, 6.07) is 16.7. The van der Waals surface area contributed by atoms with Crippen molar-refractivity contribution in [2.45, 2.75) is 53.5 Å². The van der Waals surface area contributed by atoms with Crippen molar-refractivity contribution in [3.05, 3.63) is 81.9 Å². The van der Waals surface area contributed by atoms with E-state index in [0.717, 1.165) is 35.1 Å². The summed E-state index contributed by atoms with van der Waals surface area (Å²) < 4.78 is 2.36. The van der Waals surface area contributed by atoms with E-state index in [2.05, 4.69) is 76.1 Å². The van der Waals surface area contributed by atoms with Gasteiger partial charge >= 0.3 is 0 Å². The summed E-state index contributed by atoms with van der Waals surface area (Å²) in [5.74, 6) is 6.57. The number of aryl methyl sites for hydroxylation is 3. The zero-order valence-corrected chi connectivity index (χ0v) is 19.3. The first-order chi connectivity index (χ1) is 14.8. The van der Waals surface area contributed by atoms with Gasteiger partial charge < -0.3 is 4.57 Å². The third-order valence-corrected chi connectivity index (χ3v) is 6.25. The Hall–Kier alpha value is -3.31. The summed E-state index contributed by atoms with van der Waals surface area (Å²) in [6.07, 6.45) is 0.972. The molecule has 2 heteroatoms. The number of aldehydes is 1. The molecule has 4 rings (SSSR count). The zero-order chi connectivity index (χ0) is 22.3. The Morgan fingerprint density at radius 1 is 0.968 bits per heavy atom. The summed E-state index contributed by atoms with van der Waals surface area (Å²) in [7, 11) is 0. The number of rotatable bonds is 2. The highest BCUT2D eigenvalue weighted by Crippen LogP contribution is 2.38. The second-order valence-electron chi connectivity index (χ2n) is 9.22. The number of carbonyl (C=O) groups excluding carboxylic acids is 1. The fraction of sp³-hybridized carbons (Fsp3) is 0.276. The lowest BCUT2D eigenvalue weighted by Crippen LogP contribution is -2.10. The predicted octanol–water partition coefficient (Wildman–Crippen LogP) is 6.94. The first kappa shape index (κ1) is 20.9. The molecule has 0 unspecified atom stereocenters. The Bertz CT molecular complexity index is 1370. The van der Waals surface area contributed by atoms with E-state index >= 15 is 0 Å². The summed E-state index contributed by atoms with van der Waals surface area (Å²) in [5, 5.41) is 2.39. The van der Waals surface area contributed by atoms with Gasteiger partial charge in [-0.05, 0) is 67.1 Å². The smallest absolute Gasteiger partial charge is 0.151 e. The summed E-state index contributed by atoms with van der Waals surface area (Å²) >= 11 is 0. The first-order valence-electron chi connectivity index (χ1n) is 10.9. The monoisotopic (exact) mass is 407 g/mol. The molecule has 0 aliphatic rings. The molecule has 0 saturated carbocycles. The first-order valence-corrected chi connectivity index (χ1v) is 10.9. The second-order valence-corrected chi connectivity index (χ2v) is 9.22. The topological polar surface area (TPSA) is 22.0 Å². The Kier molecular flexibility index (Phi) is 5.23. The molecule has 156 valence electrons. The van der Waals surface area contributed by atoms with Crippen LogP contribution < -0.4 is 0 Å². The van der Waals surface area contributed by atoms with Crippen molar-refractivity contribution in [3.8, 4) is 11.8 Å². The molecule has 0 aliphatic heterocycles.